The average Bonchev–Trinajstić information content (AvgIpc) is 2.95. The summed E-state index contributed by atoms with van der Waals surface area (Å²) in [5.41, 5.74) is 1.02. The van der Waals surface area contributed by atoms with Crippen LogP contribution < -0.4 is 19.1 Å². The molecule has 9 nitrogen and oxygen atoms in total. The Labute approximate surface area is 236 Å². The second-order valence-corrected chi connectivity index (χ2v) is 11.3. The van der Waals surface area contributed by atoms with Gasteiger partial charge in [-0.1, -0.05) is 49.4 Å². The number of sulfonamides is 1. The summed E-state index contributed by atoms with van der Waals surface area (Å²) in [6, 6.07) is 20.9. The van der Waals surface area contributed by atoms with Crippen LogP contribution in [0.1, 0.15) is 32.8 Å². The average molecular weight is 568 g/mol. The number of para-hydroxylation sites is 2. The molecular formula is C30H37N3O6S. The molecule has 1 atom stereocenters. The van der Waals surface area contributed by atoms with Crippen LogP contribution >= 0.6 is 0 Å². The SMILES string of the molecule is CC[C@H](C(=O)NC(C)C)N(Cc1ccccc1)C(=O)CN(c1ccccc1OC)S(=O)(=O)c1ccc(OC)cc1. The summed E-state index contributed by atoms with van der Waals surface area (Å²) >= 11 is 0. The number of carbonyl (C=O) groups excluding carboxylic acids is 2. The molecule has 40 heavy (non-hydrogen) atoms. The maximum Gasteiger partial charge on any atom is 0.264 e. The molecular weight excluding hydrogens is 530 g/mol. The van der Waals surface area contributed by atoms with E-state index in [1.165, 1.54) is 31.3 Å². The van der Waals surface area contributed by atoms with E-state index in [0.717, 1.165) is 9.87 Å². The van der Waals surface area contributed by atoms with Gasteiger partial charge in [-0.3, -0.25) is 13.9 Å². The monoisotopic (exact) mass is 567 g/mol. The van der Waals surface area contributed by atoms with Gasteiger partial charge in [-0.15, -0.1) is 0 Å². The first-order valence-corrected chi connectivity index (χ1v) is 14.5. The van der Waals surface area contributed by atoms with Crippen LogP contribution in [0.2, 0.25) is 0 Å². The number of benzene rings is 3. The lowest BCUT2D eigenvalue weighted by Crippen LogP contribution is -2.53. The fourth-order valence-corrected chi connectivity index (χ4v) is 5.73. The molecule has 1 N–H and O–H groups in total. The number of ether oxygens (including phenoxy) is 2. The predicted molar refractivity (Wildman–Crippen MR) is 155 cm³/mol. The number of nitrogens with one attached hydrogen (secondary N) is 1. The van der Waals surface area contributed by atoms with Gasteiger partial charge >= 0.3 is 0 Å². The van der Waals surface area contributed by atoms with Crippen molar-refractivity contribution in [1.82, 2.24) is 10.2 Å². The highest BCUT2D eigenvalue weighted by Gasteiger charge is 2.34. The number of methoxy groups -OCH3 is 2. The Hall–Kier alpha value is -4.05. The summed E-state index contributed by atoms with van der Waals surface area (Å²) in [7, 11) is -1.31. The van der Waals surface area contributed by atoms with Gasteiger partial charge in [0.05, 0.1) is 24.8 Å². The van der Waals surface area contributed by atoms with Crippen molar-refractivity contribution in [2.45, 2.75) is 50.7 Å². The van der Waals surface area contributed by atoms with Gasteiger partial charge < -0.3 is 19.7 Å². The summed E-state index contributed by atoms with van der Waals surface area (Å²) in [4.78, 5) is 28.7. The molecule has 0 bridgehead atoms. The van der Waals surface area contributed by atoms with Crippen LogP contribution in [0, 0.1) is 0 Å². The van der Waals surface area contributed by atoms with Crippen molar-refractivity contribution in [2.24, 2.45) is 0 Å². The Balaban J connectivity index is 2.09. The number of nitrogens with zero attached hydrogens (tertiary/aromatic N) is 2. The van der Waals surface area contributed by atoms with Gasteiger partial charge in [0.1, 0.15) is 24.1 Å². The second kappa shape index (κ2) is 13.8. The minimum atomic E-state index is -4.24. The van der Waals surface area contributed by atoms with Crippen molar-refractivity contribution in [3.63, 3.8) is 0 Å². The fourth-order valence-electron chi connectivity index (χ4n) is 4.30. The maximum atomic E-state index is 14.1. The van der Waals surface area contributed by atoms with Crippen molar-refractivity contribution >= 4 is 27.5 Å². The van der Waals surface area contributed by atoms with Gasteiger partial charge in [-0.05, 0) is 62.2 Å². The highest BCUT2D eigenvalue weighted by molar-refractivity contribution is 7.92. The van der Waals surface area contributed by atoms with Crippen molar-refractivity contribution in [3.05, 3.63) is 84.4 Å². The van der Waals surface area contributed by atoms with Gasteiger partial charge in [0, 0.05) is 12.6 Å². The Kier molecular flexibility index (Phi) is 10.6. The molecule has 0 saturated carbocycles. The van der Waals surface area contributed by atoms with Gasteiger partial charge in [0.25, 0.3) is 10.0 Å². The van der Waals surface area contributed by atoms with Crippen LogP contribution in [-0.4, -0.2) is 58.0 Å². The first kappa shape index (κ1) is 30.5. The zero-order valence-corrected chi connectivity index (χ0v) is 24.4. The minimum Gasteiger partial charge on any atom is -0.497 e. The molecule has 2 amide bonds. The third-order valence-corrected chi connectivity index (χ3v) is 8.07. The summed E-state index contributed by atoms with van der Waals surface area (Å²) < 4.78 is 39.7. The van der Waals surface area contributed by atoms with Crippen LogP contribution in [0.15, 0.2) is 83.8 Å². The maximum absolute atomic E-state index is 14.1. The Morgan fingerprint density at radius 2 is 1.50 bits per heavy atom. The normalized spacial score (nSPS) is 11.9. The summed E-state index contributed by atoms with van der Waals surface area (Å²) in [6.07, 6.45) is 0.344. The molecule has 0 radical (unpaired) electrons. The van der Waals surface area contributed by atoms with Crippen molar-refractivity contribution in [1.29, 1.82) is 0 Å². The number of rotatable bonds is 13. The van der Waals surface area contributed by atoms with Crippen molar-refractivity contribution in [3.8, 4) is 11.5 Å². The van der Waals surface area contributed by atoms with E-state index < -0.39 is 28.5 Å². The molecule has 0 unspecified atom stereocenters. The largest absolute Gasteiger partial charge is 0.497 e. The number of hydrogen-bond donors (Lipinski definition) is 1. The second-order valence-electron chi connectivity index (χ2n) is 9.45. The van der Waals surface area contributed by atoms with Crippen LogP contribution in [0.25, 0.3) is 0 Å². The molecule has 0 spiro atoms. The Morgan fingerprint density at radius 3 is 2.08 bits per heavy atom. The van der Waals surface area contributed by atoms with Gasteiger partial charge in [0.2, 0.25) is 11.8 Å². The zero-order valence-electron chi connectivity index (χ0n) is 23.5. The van der Waals surface area contributed by atoms with E-state index in [4.69, 9.17) is 9.47 Å². The third-order valence-electron chi connectivity index (χ3n) is 6.29. The predicted octanol–water partition coefficient (Wildman–Crippen LogP) is 4.23. The molecule has 10 heteroatoms. The summed E-state index contributed by atoms with van der Waals surface area (Å²) in [5.74, 6) is -0.0531. The minimum absolute atomic E-state index is 0.0220. The van der Waals surface area contributed by atoms with Gasteiger partial charge in [-0.2, -0.15) is 0 Å². The highest BCUT2D eigenvalue weighted by atomic mass is 32.2. The van der Waals surface area contributed by atoms with E-state index in [2.05, 4.69) is 5.32 Å². The quantitative estimate of drug-likeness (QED) is 0.332. The molecule has 0 aliphatic heterocycles. The summed E-state index contributed by atoms with van der Waals surface area (Å²) in [6.45, 7) is 5.10. The molecule has 0 aliphatic rings. The molecule has 0 saturated heterocycles. The van der Waals surface area contributed by atoms with E-state index in [0.29, 0.717) is 12.2 Å². The lowest BCUT2D eigenvalue weighted by atomic mass is 10.1. The molecule has 3 aromatic rings. The lowest BCUT2D eigenvalue weighted by molar-refractivity contribution is -0.140. The van der Waals surface area contributed by atoms with Crippen LogP contribution in [-0.2, 0) is 26.2 Å². The molecule has 0 fully saturated rings. The number of hydrogen-bond acceptors (Lipinski definition) is 6. The van der Waals surface area contributed by atoms with E-state index in [-0.39, 0.29) is 34.8 Å². The standard InChI is InChI=1S/C30H37N3O6S/c1-6-26(30(35)31-22(2)3)32(20-23-12-8-7-9-13-23)29(34)21-33(27-14-10-11-15-28(27)39-5)40(36,37)25-18-16-24(38-4)17-19-25/h7-19,22,26H,6,20-21H2,1-5H3,(H,31,35)/t26-/m1/s1. The highest BCUT2D eigenvalue weighted by Crippen LogP contribution is 2.33. The van der Waals surface area contributed by atoms with Crippen LogP contribution in [0.4, 0.5) is 5.69 Å². The Bertz CT molecular complexity index is 1380. The smallest absolute Gasteiger partial charge is 0.264 e. The topological polar surface area (TPSA) is 105 Å². The first-order valence-electron chi connectivity index (χ1n) is 13.1. The number of amides is 2. The zero-order chi connectivity index (χ0) is 29.3. The molecule has 3 rings (SSSR count). The van der Waals surface area contributed by atoms with E-state index in [1.807, 2.05) is 51.1 Å². The molecule has 0 aliphatic carbocycles. The summed E-state index contributed by atoms with van der Waals surface area (Å²) in [5, 5.41) is 2.89. The van der Waals surface area contributed by atoms with Gasteiger partial charge in [-0.25, -0.2) is 8.42 Å². The molecule has 3 aromatic carbocycles. The van der Waals surface area contributed by atoms with Gasteiger partial charge in [0.15, 0.2) is 0 Å². The first-order chi connectivity index (χ1) is 19.1. The van der Waals surface area contributed by atoms with E-state index in [9.17, 15) is 18.0 Å². The number of carbonyl (C=O) groups is 2. The number of anilines is 1. The van der Waals surface area contributed by atoms with Crippen LogP contribution in [0.3, 0.4) is 0 Å². The van der Waals surface area contributed by atoms with Crippen molar-refractivity contribution in [2.75, 3.05) is 25.1 Å². The lowest BCUT2D eigenvalue weighted by Gasteiger charge is -2.33. The van der Waals surface area contributed by atoms with Crippen LogP contribution in [0.5, 0.6) is 11.5 Å². The van der Waals surface area contributed by atoms with E-state index in [1.54, 1.807) is 36.4 Å². The fraction of sp³-hybridized carbons (Fsp3) is 0.333. The Morgan fingerprint density at radius 1 is 0.875 bits per heavy atom. The molecule has 0 heterocycles. The molecule has 0 aromatic heterocycles. The third kappa shape index (κ3) is 7.32. The van der Waals surface area contributed by atoms with E-state index >= 15 is 0 Å². The van der Waals surface area contributed by atoms with Crippen molar-refractivity contribution < 1.29 is 27.5 Å². The molecule has 214 valence electrons.